The third kappa shape index (κ3) is 3.24. The number of carbonyl (C=O) groups is 1. The first-order chi connectivity index (χ1) is 8.65. The van der Waals surface area contributed by atoms with Gasteiger partial charge in [0, 0.05) is 5.75 Å². The van der Waals surface area contributed by atoms with Crippen molar-refractivity contribution in [3.05, 3.63) is 35.4 Å². The van der Waals surface area contributed by atoms with Gasteiger partial charge in [-0.25, -0.2) is 5.10 Å². The van der Waals surface area contributed by atoms with Crippen molar-refractivity contribution < 1.29 is 9.90 Å². The van der Waals surface area contributed by atoms with E-state index < -0.39 is 5.97 Å². The Kier molecular flexibility index (Phi) is 3.83. The minimum Gasteiger partial charge on any atom is -0.481 e. The third-order valence-corrected chi connectivity index (χ3v) is 3.20. The maximum absolute atomic E-state index is 10.7. The number of carboxylic acid groups (broad SMARTS) is 1. The smallest absolute Gasteiger partial charge is 0.307 e. The number of benzene rings is 1. The molecule has 0 saturated carbocycles. The van der Waals surface area contributed by atoms with Crippen LogP contribution in [-0.2, 0) is 17.0 Å². The molecule has 0 bridgehead atoms. The van der Waals surface area contributed by atoms with Gasteiger partial charge in [0.25, 0.3) is 0 Å². The summed E-state index contributed by atoms with van der Waals surface area (Å²) in [6.07, 6.45) is 0.0207. The molecule has 0 spiro atoms. The standard InChI is InChI=1S/C11H12N4O2S/c12-10-13-11(15-14-10)18-6-8-4-2-1-3-7(8)5-9(16)17/h1-4H,5-6H2,(H,16,17)(H3,12,13,14,15). The Morgan fingerprint density at radius 2 is 2.11 bits per heavy atom. The van der Waals surface area contributed by atoms with Crippen molar-refractivity contribution in [1.82, 2.24) is 15.2 Å². The topological polar surface area (TPSA) is 105 Å². The fraction of sp³-hybridized carbons (Fsp3) is 0.182. The highest BCUT2D eigenvalue weighted by molar-refractivity contribution is 7.98. The molecule has 2 rings (SSSR count). The molecule has 0 atom stereocenters. The van der Waals surface area contributed by atoms with Crippen molar-refractivity contribution in [3.63, 3.8) is 0 Å². The van der Waals surface area contributed by atoms with E-state index in [4.69, 9.17) is 10.8 Å². The number of nitrogen functional groups attached to an aromatic ring is 1. The zero-order valence-corrected chi connectivity index (χ0v) is 10.3. The van der Waals surface area contributed by atoms with E-state index in [1.165, 1.54) is 11.8 Å². The molecule has 94 valence electrons. The molecule has 0 unspecified atom stereocenters. The zero-order valence-electron chi connectivity index (χ0n) is 9.46. The van der Waals surface area contributed by atoms with Gasteiger partial charge in [-0.05, 0) is 11.1 Å². The van der Waals surface area contributed by atoms with Gasteiger partial charge in [-0.3, -0.25) is 4.79 Å². The molecule has 0 saturated heterocycles. The van der Waals surface area contributed by atoms with Gasteiger partial charge in [0.05, 0.1) is 6.42 Å². The maximum Gasteiger partial charge on any atom is 0.307 e. The Labute approximate surface area is 108 Å². The number of anilines is 1. The molecule has 6 nitrogen and oxygen atoms in total. The monoisotopic (exact) mass is 264 g/mol. The van der Waals surface area contributed by atoms with Crippen LogP contribution in [0.25, 0.3) is 0 Å². The molecule has 7 heteroatoms. The number of aliphatic carboxylic acids is 1. The van der Waals surface area contributed by atoms with Crippen molar-refractivity contribution in [1.29, 1.82) is 0 Å². The lowest BCUT2D eigenvalue weighted by Gasteiger charge is -2.05. The van der Waals surface area contributed by atoms with E-state index in [1.54, 1.807) is 0 Å². The molecular weight excluding hydrogens is 252 g/mol. The first kappa shape index (κ1) is 12.4. The lowest BCUT2D eigenvalue weighted by Crippen LogP contribution is -2.02. The van der Waals surface area contributed by atoms with Gasteiger partial charge in [-0.1, -0.05) is 36.0 Å². The highest BCUT2D eigenvalue weighted by Crippen LogP contribution is 2.22. The van der Waals surface area contributed by atoms with Crippen molar-refractivity contribution in [2.24, 2.45) is 0 Å². The van der Waals surface area contributed by atoms with E-state index in [-0.39, 0.29) is 12.4 Å². The summed E-state index contributed by atoms with van der Waals surface area (Å²) in [6, 6.07) is 7.43. The summed E-state index contributed by atoms with van der Waals surface area (Å²) >= 11 is 1.41. The van der Waals surface area contributed by atoms with E-state index in [1.807, 2.05) is 24.3 Å². The number of rotatable bonds is 5. The number of carboxylic acids is 1. The average molecular weight is 264 g/mol. The molecule has 0 aliphatic rings. The number of hydrogen-bond acceptors (Lipinski definition) is 5. The number of H-pyrrole nitrogens is 1. The predicted molar refractivity (Wildman–Crippen MR) is 68.1 cm³/mol. The lowest BCUT2D eigenvalue weighted by molar-refractivity contribution is -0.136. The predicted octanol–water partition coefficient (Wildman–Crippen LogP) is 1.31. The second kappa shape index (κ2) is 5.54. The van der Waals surface area contributed by atoms with E-state index in [0.29, 0.717) is 10.9 Å². The fourth-order valence-corrected chi connectivity index (χ4v) is 2.34. The Balaban J connectivity index is 2.06. The van der Waals surface area contributed by atoms with Crippen LogP contribution in [0.3, 0.4) is 0 Å². The van der Waals surface area contributed by atoms with Crippen LogP contribution in [0.5, 0.6) is 0 Å². The van der Waals surface area contributed by atoms with Gasteiger partial charge in [-0.2, -0.15) is 4.98 Å². The molecule has 2 aromatic rings. The van der Waals surface area contributed by atoms with Gasteiger partial charge < -0.3 is 10.8 Å². The molecule has 0 aliphatic heterocycles. The van der Waals surface area contributed by atoms with Crippen molar-refractivity contribution in [2.75, 3.05) is 5.73 Å². The number of aromatic amines is 1. The van der Waals surface area contributed by atoms with Crippen molar-refractivity contribution in [2.45, 2.75) is 17.3 Å². The van der Waals surface area contributed by atoms with E-state index in [0.717, 1.165) is 11.1 Å². The van der Waals surface area contributed by atoms with Crippen molar-refractivity contribution >= 4 is 23.7 Å². The van der Waals surface area contributed by atoms with Gasteiger partial charge >= 0.3 is 5.97 Å². The van der Waals surface area contributed by atoms with Gasteiger partial charge in [0.15, 0.2) is 0 Å². The third-order valence-electron chi connectivity index (χ3n) is 2.30. The Morgan fingerprint density at radius 1 is 1.39 bits per heavy atom. The molecule has 0 fully saturated rings. The second-order valence-electron chi connectivity index (χ2n) is 3.63. The Morgan fingerprint density at radius 3 is 2.72 bits per heavy atom. The lowest BCUT2D eigenvalue weighted by atomic mass is 10.1. The first-order valence-corrected chi connectivity index (χ1v) is 6.23. The van der Waals surface area contributed by atoms with Crippen LogP contribution in [0.1, 0.15) is 11.1 Å². The van der Waals surface area contributed by atoms with Crippen LogP contribution < -0.4 is 5.73 Å². The molecule has 0 aliphatic carbocycles. The van der Waals surface area contributed by atoms with Crippen LogP contribution in [-0.4, -0.2) is 26.3 Å². The van der Waals surface area contributed by atoms with E-state index in [2.05, 4.69) is 15.2 Å². The minimum atomic E-state index is -0.838. The van der Waals surface area contributed by atoms with Crippen LogP contribution in [0.15, 0.2) is 29.4 Å². The minimum absolute atomic E-state index is 0.0207. The van der Waals surface area contributed by atoms with E-state index >= 15 is 0 Å². The fourth-order valence-electron chi connectivity index (χ4n) is 1.50. The van der Waals surface area contributed by atoms with Gasteiger partial charge in [0.2, 0.25) is 11.1 Å². The zero-order chi connectivity index (χ0) is 13.0. The van der Waals surface area contributed by atoms with Gasteiger partial charge in [0.1, 0.15) is 0 Å². The summed E-state index contributed by atoms with van der Waals surface area (Å²) in [5.74, 6) is 0.0479. The number of hydrogen-bond donors (Lipinski definition) is 3. The maximum atomic E-state index is 10.7. The van der Waals surface area contributed by atoms with Crippen LogP contribution >= 0.6 is 11.8 Å². The molecule has 0 amide bonds. The number of nitrogens with two attached hydrogens (primary N) is 1. The van der Waals surface area contributed by atoms with Gasteiger partial charge in [-0.15, -0.1) is 5.10 Å². The summed E-state index contributed by atoms with van der Waals surface area (Å²) < 4.78 is 0. The Hall–Kier alpha value is -2.02. The summed E-state index contributed by atoms with van der Waals surface area (Å²) in [5.41, 5.74) is 7.20. The normalized spacial score (nSPS) is 10.4. The number of aromatic nitrogens is 3. The van der Waals surface area contributed by atoms with E-state index in [9.17, 15) is 4.79 Å². The molecule has 4 N–H and O–H groups in total. The quantitative estimate of drug-likeness (QED) is 0.703. The summed E-state index contributed by atoms with van der Waals surface area (Å²) in [4.78, 5) is 14.7. The highest BCUT2D eigenvalue weighted by Gasteiger charge is 2.08. The van der Waals surface area contributed by atoms with Crippen LogP contribution in [0, 0.1) is 0 Å². The first-order valence-electron chi connectivity index (χ1n) is 5.24. The average Bonchev–Trinajstić information content (AvgIpc) is 2.73. The summed E-state index contributed by atoms with van der Waals surface area (Å²) in [6.45, 7) is 0. The molecule has 1 heterocycles. The van der Waals surface area contributed by atoms with Crippen LogP contribution in [0.2, 0.25) is 0 Å². The number of thioether (sulfide) groups is 1. The second-order valence-corrected chi connectivity index (χ2v) is 4.57. The largest absolute Gasteiger partial charge is 0.481 e. The molecular formula is C11H12N4O2S. The summed E-state index contributed by atoms with van der Waals surface area (Å²) in [7, 11) is 0. The Bertz CT molecular complexity index is 555. The molecule has 18 heavy (non-hydrogen) atoms. The summed E-state index contributed by atoms with van der Waals surface area (Å²) in [5, 5.41) is 15.8. The molecule has 1 aromatic heterocycles. The highest BCUT2D eigenvalue weighted by atomic mass is 32.2. The van der Waals surface area contributed by atoms with Crippen LogP contribution in [0.4, 0.5) is 5.95 Å². The molecule has 0 radical (unpaired) electrons. The number of nitrogens with zero attached hydrogens (tertiary/aromatic N) is 2. The van der Waals surface area contributed by atoms with Crippen molar-refractivity contribution in [3.8, 4) is 0 Å². The molecule has 1 aromatic carbocycles. The number of nitrogens with one attached hydrogen (secondary N) is 1. The SMILES string of the molecule is Nc1nc(SCc2ccccc2CC(=O)O)n[nH]1.